The third kappa shape index (κ3) is 4.08. The van der Waals surface area contributed by atoms with Crippen molar-refractivity contribution in [2.75, 3.05) is 11.1 Å². The van der Waals surface area contributed by atoms with Gasteiger partial charge in [-0.25, -0.2) is 14.4 Å². The largest absolute Gasteiger partial charge is 0.573 e. The zero-order valence-corrected chi connectivity index (χ0v) is 13.8. The van der Waals surface area contributed by atoms with Crippen LogP contribution in [0.15, 0.2) is 41.0 Å². The van der Waals surface area contributed by atoms with Gasteiger partial charge in [-0.2, -0.15) is 0 Å². The van der Waals surface area contributed by atoms with Gasteiger partial charge in [-0.3, -0.25) is 0 Å². The summed E-state index contributed by atoms with van der Waals surface area (Å²) >= 11 is 3.15. The Labute approximate surface area is 147 Å². The van der Waals surface area contributed by atoms with Gasteiger partial charge in [0.05, 0.1) is 16.6 Å². The number of nitrogens with one attached hydrogen (secondary N) is 1. The Morgan fingerprint density at radius 2 is 1.92 bits per heavy atom. The molecule has 0 spiro atoms. The van der Waals surface area contributed by atoms with Crippen molar-refractivity contribution >= 4 is 44.2 Å². The van der Waals surface area contributed by atoms with Crippen LogP contribution >= 0.6 is 15.9 Å². The molecule has 130 valence electrons. The van der Waals surface area contributed by atoms with Gasteiger partial charge in [-0.05, 0) is 30.3 Å². The van der Waals surface area contributed by atoms with Gasteiger partial charge in [0.1, 0.15) is 5.82 Å². The Morgan fingerprint density at radius 3 is 2.64 bits per heavy atom. The molecule has 3 aromatic rings. The van der Waals surface area contributed by atoms with Crippen LogP contribution in [0.4, 0.5) is 34.9 Å². The number of nitrogens with two attached hydrogens (primary N) is 1. The fraction of sp³-hybridized carbons (Fsp3) is 0.0667. The molecule has 0 atom stereocenters. The van der Waals surface area contributed by atoms with Gasteiger partial charge >= 0.3 is 6.36 Å². The monoisotopic (exact) mass is 416 g/mol. The number of aromatic nitrogens is 2. The van der Waals surface area contributed by atoms with Crippen LogP contribution in [0, 0.1) is 5.82 Å². The fourth-order valence-corrected chi connectivity index (χ4v) is 2.52. The first-order valence-electron chi connectivity index (χ1n) is 6.75. The van der Waals surface area contributed by atoms with E-state index in [-0.39, 0.29) is 28.2 Å². The molecule has 0 amide bonds. The highest BCUT2D eigenvalue weighted by Gasteiger charge is 2.32. The second-order valence-corrected chi connectivity index (χ2v) is 5.86. The molecule has 0 saturated heterocycles. The van der Waals surface area contributed by atoms with Crippen LogP contribution in [-0.4, -0.2) is 16.3 Å². The molecule has 5 nitrogen and oxygen atoms in total. The van der Waals surface area contributed by atoms with E-state index in [4.69, 9.17) is 5.73 Å². The van der Waals surface area contributed by atoms with Crippen LogP contribution in [0.3, 0.4) is 0 Å². The molecule has 0 bridgehead atoms. The Balaban J connectivity index is 1.99. The number of hydrogen-bond donors (Lipinski definition) is 2. The second kappa shape index (κ2) is 6.36. The molecule has 1 heterocycles. The average Bonchev–Trinajstić information content (AvgIpc) is 2.48. The maximum atomic E-state index is 13.8. The summed E-state index contributed by atoms with van der Waals surface area (Å²) in [6.45, 7) is 0. The molecule has 0 unspecified atom stereocenters. The van der Waals surface area contributed by atoms with Gasteiger partial charge in [0.2, 0.25) is 5.95 Å². The van der Waals surface area contributed by atoms with Gasteiger partial charge in [-0.1, -0.05) is 15.9 Å². The number of nitrogens with zero attached hydrogens (tertiary/aromatic N) is 2. The number of benzene rings is 2. The Hall–Kier alpha value is -2.62. The van der Waals surface area contributed by atoms with E-state index in [0.29, 0.717) is 4.47 Å². The smallest absolute Gasteiger partial charge is 0.404 e. The normalized spacial score (nSPS) is 11.6. The Morgan fingerprint density at radius 1 is 1.16 bits per heavy atom. The van der Waals surface area contributed by atoms with E-state index in [1.807, 2.05) is 0 Å². The van der Waals surface area contributed by atoms with Gasteiger partial charge in [-0.15, -0.1) is 13.2 Å². The highest BCUT2D eigenvalue weighted by molar-refractivity contribution is 9.10. The number of anilines is 3. The minimum absolute atomic E-state index is 0.0392. The molecule has 1 aromatic heterocycles. The molecule has 10 heteroatoms. The summed E-state index contributed by atoms with van der Waals surface area (Å²) < 4.78 is 55.7. The van der Waals surface area contributed by atoms with Crippen LogP contribution in [-0.2, 0) is 0 Å². The summed E-state index contributed by atoms with van der Waals surface area (Å²) in [7, 11) is 0. The first-order chi connectivity index (χ1) is 11.7. The maximum absolute atomic E-state index is 13.8. The number of ether oxygens (including phenoxy) is 1. The number of alkyl halides is 3. The quantitative estimate of drug-likeness (QED) is 0.475. The van der Waals surface area contributed by atoms with Crippen molar-refractivity contribution in [2.45, 2.75) is 6.36 Å². The van der Waals surface area contributed by atoms with Crippen molar-refractivity contribution in [1.29, 1.82) is 0 Å². The summed E-state index contributed by atoms with van der Waals surface area (Å²) in [5.41, 5.74) is 6.01. The van der Waals surface area contributed by atoms with Crippen LogP contribution in [0.1, 0.15) is 0 Å². The molecule has 0 radical (unpaired) electrons. The lowest BCUT2D eigenvalue weighted by atomic mass is 10.2. The molecule has 2 aromatic carbocycles. The average molecular weight is 417 g/mol. The van der Waals surface area contributed by atoms with Crippen molar-refractivity contribution in [3.63, 3.8) is 0 Å². The van der Waals surface area contributed by atoms with Gasteiger partial charge < -0.3 is 15.8 Å². The van der Waals surface area contributed by atoms with Crippen LogP contribution < -0.4 is 15.8 Å². The van der Waals surface area contributed by atoms with Crippen molar-refractivity contribution in [3.05, 3.63) is 46.8 Å². The molecule has 25 heavy (non-hydrogen) atoms. The lowest BCUT2D eigenvalue weighted by molar-refractivity contribution is -0.274. The molecule has 3 N–H and O–H groups in total. The van der Waals surface area contributed by atoms with E-state index in [9.17, 15) is 17.6 Å². The first kappa shape index (κ1) is 17.2. The van der Waals surface area contributed by atoms with Crippen molar-refractivity contribution in [1.82, 2.24) is 9.97 Å². The van der Waals surface area contributed by atoms with E-state index in [0.717, 1.165) is 6.07 Å². The SMILES string of the molecule is Nc1ccc(OC(F)(F)F)c(Nc2ncc3c(F)cc(Br)cc3n2)c1. The molecule has 0 aliphatic carbocycles. The van der Waals surface area contributed by atoms with Crippen LogP contribution in [0.25, 0.3) is 10.9 Å². The molecule has 0 saturated carbocycles. The summed E-state index contributed by atoms with van der Waals surface area (Å²) in [4.78, 5) is 7.99. The number of hydrogen-bond acceptors (Lipinski definition) is 5. The molecule has 0 aliphatic rings. The molecule has 0 fully saturated rings. The predicted molar refractivity (Wildman–Crippen MR) is 88.0 cm³/mol. The standard InChI is InChI=1S/C15H9BrF4N4O/c16-7-3-10(17)9-6-22-14(23-11(9)4-7)24-12-5-8(21)1-2-13(12)25-15(18,19)20/h1-6H,21H2,(H,22,23,24). The molecular formula is C15H9BrF4N4O. The molecular weight excluding hydrogens is 408 g/mol. The number of fused-ring (bicyclic) bond motifs is 1. The minimum atomic E-state index is -4.87. The lowest BCUT2D eigenvalue weighted by Gasteiger charge is -2.14. The van der Waals surface area contributed by atoms with Crippen molar-refractivity contribution < 1.29 is 22.3 Å². The summed E-state index contributed by atoms with van der Waals surface area (Å²) in [6, 6.07) is 6.39. The zero-order chi connectivity index (χ0) is 18.2. The molecule has 3 rings (SSSR count). The zero-order valence-electron chi connectivity index (χ0n) is 12.2. The summed E-state index contributed by atoms with van der Waals surface area (Å²) in [5, 5.41) is 2.78. The van der Waals surface area contributed by atoms with Crippen LogP contribution in [0.2, 0.25) is 0 Å². The van der Waals surface area contributed by atoms with Gasteiger partial charge in [0.15, 0.2) is 5.75 Å². The fourth-order valence-electron chi connectivity index (χ4n) is 2.10. The number of rotatable bonds is 3. The third-order valence-electron chi connectivity index (χ3n) is 3.09. The Bertz CT molecular complexity index is 949. The molecule has 0 aliphatic heterocycles. The number of nitrogen functional groups attached to an aromatic ring is 1. The first-order valence-corrected chi connectivity index (χ1v) is 7.55. The topological polar surface area (TPSA) is 73.1 Å². The summed E-state index contributed by atoms with van der Waals surface area (Å²) in [6.07, 6.45) is -3.65. The second-order valence-electron chi connectivity index (χ2n) is 4.94. The van der Waals surface area contributed by atoms with Gasteiger partial charge in [0.25, 0.3) is 0 Å². The van der Waals surface area contributed by atoms with E-state index in [1.54, 1.807) is 6.07 Å². The number of halogens is 5. The van der Waals surface area contributed by atoms with E-state index < -0.39 is 17.9 Å². The van der Waals surface area contributed by atoms with E-state index in [2.05, 4.69) is 36.0 Å². The van der Waals surface area contributed by atoms with E-state index in [1.165, 1.54) is 24.4 Å². The minimum Gasteiger partial charge on any atom is -0.404 e. The van der Waals surface area contributed by atoms with Crippen molar-refractivity contribution in [2.24, 2.45) is 0 Å². The highest BCUT2D eigenvalue weighted by Crippen LogP contribution is 2.33. The van der Waals surface area contributed by atoms with E-state index >= 15 is 0 Å². The predicted octanol–water partition coefficient (Wildman–Crippen LogP) is 4.76. The lowest BCUT2D eigenvalue weighted by Crippen LogP contribution is -2.18. The Kier molecular flexibility index (Phi) is 4.38. The summed E-state index contributed by atoms with van der Waals surface area (Å²) in [5.74, 6) is -1.06. The van der Waals surface area contributed by atoms with Gasteiger partial charge in [0, 0.05) is 16.4 Å². The third-order valence-corrected chi connectivity index (χ3v) is 3.55. The maximum Gasteiger partial charge on any atom is 0.573 e. The van der Waals surface area contributed by atoms with Crippen LogP contribution in [0.5, 0.6) is 5.75 Å². The van der Waals surface area contributed by atoms with Crippen molar-refractivity contribution in [3.8, 4) is 5.75 Å². The highest BCUT2D eigenvalue weighted by atomic mass is 79.9.